The lowest BCUT2D eigenvalue weighted by Gasteiger charge is -2.09. The van der Waals surface area contributed by atoms with Gasteiger partial charge in [0.2, 0.25) is 0 Å². The molecule has 0 atom stereocenters. The summed E-state index contributed by atoms with van der Waals surface area (Å²) in [6, 6.07) is 7.67. The Bertz CT molecular complexity index is 803. The molecule has 102 valence electrons. The zero-order chi connectivity index (χ0) is 14.8. The van der Waals surface area contributed by atoms with E-state index >= 15 is 0 Å². The molecule has 0 unspecified atom stereocenters. The Morgan fingerprint density at radius 1 is 1.35 bits per heavy atom. The summed E-state index contributed by atoms with van der Waals surface area (Å²) in [5.41, 5.74) is -0.0894. The molecular formula is C12H7BrFN3O2S. The highest BCUT2D eigenvalue weighted by atomic mass is 79.9. The van der Waals surface area contributed by atoms with E-state index in [0.717, 1.165) is 18.2 Å². The highest BCUT2D eigenvalue weighted by Gasteiger charge is 2.17. The summed E-state index contributed by atoms with van der Waals surface area (Å²) in [6.07, 6.45) is 1.49. The van der Waals surface area contributed by atoms with Gasteiger partial charge < -0.3 is 0 Å². The van der Waals surface area contributed by atoms with Crippen LogP contribution < -0.4 is 4.72 Å². The molecule has 5 nitrogen and oxygen atoms in total. The maximum Gasteiger partial charge on any atom is 0.262 e. The average Bonchev–Trinajstić information content (AvgIpc) is 2.41. The highest BCUT2D eigenvalue weighted by molar-refractivity contribution is 9.10. The number of nitrogens with one attached hydrogen (secondary N) is 1. The third-order valence-electron chi connectivity index (χ3n) is 2.37. The third kappa shape index (κ3) is 2.95. The van der Waals surface area contributed by atoms with Crippen LogP contribution in [0.1, 0.15) is 5.56 Å². The first-order valence-electron chi connectivity index (χ1n) is 5.27. The minimum atomic E-state index is -3.92. The van der Waals surface area contributed by atoms with Crippen molar-refractivity contribution < 1.29 is 12.8 Å². The molecule has 0 radical (unpaired) electrons. The summed E-state index contributed by atoms with van der Waals surface area (Å²) in [5.74, 6) is -0.769. The van der Waals surface area contributed by atoms with Gasteiger partial charge in [0.15, 0.2) is 0 Å². The molecular weight excluding hydrogens is 349 g/mol. The van der Waals surface area contributed by atoms with Crippen LogP contribution in [0.4, 0.5) is 10.1 Å². The van der Waals surface area contributed by atoms with Crippen LogP contribution in [0.25, 0.3) is 0 Å². The molecule has 0 bridgehead atoms. The Morgan fingerprint density at radius 2 is 2.10 bits per heavy atom. The number of aromatic nitrogens is 1. The van der Waals surface area contributed by atoms with E-state index in [2.05, 4.69) is 25.6 Å². The second-order valence-electron chi connectivity index (χ2n) is 3.70. The average molecular weight is 356 g/mol. The van der Waals surface area contributed by atoms with Crippen LogP contribution in [-0.4, -0.2) is 13.4 Å². The first-order valence-corrected chi connectivity index (χ1v) is 7.54. The van der Waals surface area contributed by atoms with E-state index in [9.17, 15) is 12.8 Å². The van der Waals surface area contributed by atoms with Crippen LogP contribution in [0.2, 0.25) is 0 Å². The summed E-state index contributed by atoms with van der Waals surface area (Å²) >= 11 is 3.11. The van der Waals surface area contributed by atoms with Crippen molar-refractivity contribution >= 4 is 31.6 Å². The van der Waals surface area contributed by atoms with Gasteiger partial charge in [-0.3, -0.25) is 4.72 Å². The minimum Gasteiger partial charge on any atom is -0.277 e. The Labute approximate surface area is 123 Å². The Balaban J connectivity index is 2.42. The zero-order valence-corrected chi connectivity index (χ0v) is 12.2. The quantitative estimate of drug-likeness (QED) is 0.858. The van der Waals surface area contributed by atoms with Gasteiger partial charge in [-0.25, -0.2) is 17.8 Å². The molecule has 2 rings (SSSR count). The lowest BCUT2D eigenvalue weighted by atomic mass is 10.2. The van der Waals surface area contributed by atoms with Gasteiger partial charge >= 0.3 is 0 Å². The SMILES string of the molecule is N#Cc1cc(S(=O)(=O)Nc2cccnc2Br)ccc1F. The Hall–Kier alpha value is -1.98. The molecule has 0 spiro atoms. The molecule has 0 saturated heterocycles. The fourth-order valence-corrected chi connectivity index (χ4v) is 3.00. The van der Waals surface area contributed by atoms with Gasteiger partial charge in [-0.2, -0.15) is 5.26 Å². The van der Waals surface area contributed by atoms with Gasteiger partial charge in [0.05, 0.1) is 16.1 Å². The predicted molar refractivity (Wildman–Crippen MR) is 73.9 cm³/mol. The van der Waals surface area contributed by atoms with E-state index in [-0.39, 0.29) is 16.1 Å². The number of hydrogen-bond donors (Lipinski definition) is 1. The fraction of sp³-hybridized carbons (Fsp3) is 0. The van der Waals surface area contributed by atoms with Crippen molar-refractivity contribution in [3.05, 3.63) is 52.5 Å². The number of hydrogen-bond acceptors (Lipinski definition) is 4. The van der Waals surface area contributed by atoms with Crippen LogP contribution in [0, 0.1) is 17.1 Å². The van der Waals surface area contributed by atoms with Crippen molar-refractivity contribution in [2.24, 2.45) is 0 Å². The monoisotopic (exact) mass is 355 g/mol. The Kier molecular flexibility index (Phi) is 4.01. The number of pyridine rings is 1. The van der Waals surface area contributed by atoms with Crippen LogP contribution in [0.15, 0.2) is 46.0 Å². The summed E-state index contributed by atoms with van der Waals surface area (Å²) in [4.78, 5) is 3.68. The van der Waals surface area contributed by atoms with Gasteiger partial charge in [-0.1, -0.05) is 0 Å². The van der Waals surface area contributed by atoms with Gasteiger partial charge in [0.1, 0.15) is 16.5 Å². The smallest absolute Gasteiger partial charge is 0.262 e. The fourth-order valence-electron chi connectivity index (χ4n) is 1.42. The molecule has 0 aliphatic carbocycles. The number of rotatable bonds is 3. The number of anilines is 1. The van der Waals surface area contributed by atoms with E-state index in [1.165, 1.54) is 12.3 Å². The number of benzene rings is 1. The molecule has 0 fully saturated rings. The molecule has 1 aromatic carbocycles. The number of sulfonamides is 1. The number of halogens is 2. The summed E-state index contributed by atoms with van der Waals surface area (Å²) in [5, 5.41) is 8.72. The molecule has 0 saturated carbocycles. The van der Waals surface area contributed by atoms with Gasteiger partial charge in [-0.15, -0.1) is 0 Å². The zero-order valence-electron chi connectivity index (χ0n) is 9.84. The van der Waals surface area contributed by atoms with E-state index in [1.807, 2.05) is 0 Å². The van der Waals surface area contributed by atoms with Crippen molar-refractivity contribution in [3.63, 3.8) is 0 Å². The van der Waals surface area contributed by atoms with Crippen LogP contribution in [0.3, 0.4) is 0 Å². The third-order valence-corrected chi connectivity index (χ3v) is 4.37. The van der Waals surface area contributed by atoms with Gasteiger partial charge in [0, 0.05) is 6.20 Å². The largest absolute Gasteiger partial charge is 0.277 e. The van der Waals surface area contributed by atoms with E-state index < -0.39 is 15.8 Å². The summed E-state index contributed by atoms with van der Waals surface area (Å²) in [6.45, 7) is 0. The summed E-state index contributed by atoms with van der Waals surface area (Å²) < 4.78 is 40.1. The second kappa shape index (κ2) is 5.56. The normalized spacial score (nSPS) is 10.8. The van der Waals surface area contributed by atoms with Crippen LogP contribution in [0.5, 0.6) is 0 Å². The second-order valence-corrected chi connectivity index (χ2v) is 6.13. The first kappa shape index (κ1) is 14.4. The highest BCUT2D eigenvalue weighted by Crippen LogP contribution is 2.23. The number of nitrogens with zero attached hydrogens (tertiary/aromatic N) is 2. The topological polar surface area (TPSA) is 82.8 Å². The molecule has 20 heavy (non-hydrogen) atoms. The first-order chi connectivity index (χ1) is 9.44. The van der Waals surface area contributed by atoms with E-state index in [4.69, 9.17) is 5.26 Å². The molecule has 1 N–H and O–H groups in total. The molecule has 0 aliphatic rings. The number of nitriles is 1. The van der Waals surface area contributed by atoms with Crippen molar-refractivity contribution in [1.29, 1.82) is 5.26 Å². The lowest BCUT2D eigenvalue weighted by Crippen LogP contribution is -2.14. The van der Waals surface area contributed by atoms with Crippen LogP contribution >= 0.6 is 15.9 Å². The summed E-state index contributed by atoms with van der Waals surface area (Å²) in [7, 11) is -3.92. The van der Waals surface area contributed by atoms with Crippen molar-refractivity contribution in [1.82, 2.24) is 4.98 Å². The molecule has 1 heterocycles. The molecule has 1 aromatic heterocycles. The van der Waals surface area contributed by atoms with Gasteiger partial charge in [0.25, 0.3) is 10.0 Å². The molecule has 2 aromatic rings. The van der Waals surface area contributed by atoms with E-state index in [1.54, 1.807) is 12.1 Å². The van der Waals surface area contributed by atoms with Crippen molar-refractivity contribution in [2.45, 2.75) is 4.90 Å². The maximum absolute atomic E-state index is 13.2. The molecule has 0 aliphatic heterocycles. The maximum atomic E-state index is 13.2. The predicted octanol–water partition coefficient (Wildman–Crippen LogP) is 2.66. The van der Waals surface area contributed by atoms with Crippen molar-refractivity contribution in [2.75, 3.05) is 4.72 Å². The van der Waals surface area contributed by atoms with Gasteiger partial charge in [-0.05, 0) is 46.3 Å². The van der Waals surface area contributed by atoms with Crippen LogP contribution in [-0.2, 0) is 10.0 Å². The molecule has 8 heteroatoms. The Morgan fingerprint density at radius 3 is 2.75 bits per heavy atom. The standard InChI is InChI=1S/C12H7BrFN3O2S/c13-12-11(2-1-5-16-12)17-20(18,19)9-3-4-10(14)8(6-9)7-15/h1-6,17H. The van der Waals surface area contributed by atoms with Crippen molar-refractivity contribution in [3.8, 4) is 6.07 Å². The molecule has 0 amide bonds. The lowest BCUT2D eigenvalue weighted by molar-refractivity contribution is 0.599. The minimum absolute atomic E-state index is 0.203. The van der Waals surface area contributed by atoms with E-state index in [0.29, 0.717) is 4.60 Å².